The number of allylic oxidation sites excluding steroid dienone is 5. The largest absolute Gasteiger partial charge is 0.458 e. The van der Waals surface area contributed by atoms with E-state index in [1.165, 1.54) is 135 Å². The Kier molecular flexibility index (Phi) is 41.7. The first kappa shape index (κ1) is 53.1. The van der Waals surface area contributed by atoms with Gasteiger partial charge in [-0.1, -0.05) is 199 Å². The number of unbranched alkanes of at least 4 members (excludes halogenated alkanes) is 26. The van der Waals surface area contributed by atoms with E-state index in [-0.39, 0.29) is 24.9 Å². The summed E-state index contributed by atoms with van der Waals surface area (Å²) in [4.78, 5) is 25.9. The third kappa shape index (κ3) is 38.7. The summed E-state index contributed by atoms with van der Waals surface area (Å²) in [6.07, 6.45) is 49.5. The van der Waals surface area contributed by atoms with Crippen molar-refractivity contribution in [2.75, 3.05) is 6.61 Å². The Morgan fingerprint density at radius 1 is 0.545 bits per heavy atom. The van der Waals surface area contributed by atoms with Crippen LogP contribution < -0.4 is 5.32 Å². The van der Waals surface area contributed by atoms with E-state index in [9.17, 15) is 19.8 Å². The number of carbonyl (C=O) groups excluding carboxylic acids is 2. The van der Waals surface area contributed by atoms with Gasteiger partial charge in [0.2, 0.25) is 5.91 Å². The summed E-state index contributed by atoms with van der Waals surface area (Å²) in [5.74, 6) is -0.618. The highest BCUT2D eigenvalue weighted by molar-refractivity contribution is 5.78. The molecule has 0 aliphatic rings. The van der Waals surface area contributed by atoms with E-state index in [2.05, 4.69) is 50.4 Å². The van der Waals surface area contributed by atoms with Crippen molar-refractivity contribution < 1.29 is 24.5 Å². The van der Waals surface area contributed by atoms with Crippen LogP contribution in [0.25, 0.3) is 0 Å². The molecule has 6 nitrogen and oxygen atoms in total. The van der Waals surface area contributed by atoms with E-state index >= 15 is 0 Å². The second-order valence-corrected chi connectivity index (χ2v) is 16.2. The monoisotopic (exact) mass is 774 g/mol. The third-order valence-corrected chi connectivity index (χ3v) is 10.7. The molecule has 0 aromatic carbocycles. The maximum Gasteiger partial charge on any atom is 0.306 e. The molecule has 0 heterocycles. The molecule has 0 rings (SSSR count). The van der Waals surface area contributed by atoms with Crippen LogP contribution in [0, 0.1) is 0 Å². The van der Waals surface area contributed by atoms with Crippen molar-refractivity contribution in [2.45, 2.75) is 257 Å². The van der Waals surface area contributed by atoms with Gasteiger partial charge in [-0.3, -0.25) is 9.59 Å². The molecule has 3 unspecified atom stereocenters. The summed E-state index contributed by atoms with van der Waals surface area (Å²) in [6, 6.07) is -0.731. The molecular weight excluding hydrogens is 683 g/mol. The third-order valence-electron chi connectivity index (χ3n) is 10.7. The highest BCUT2D eigenvalue weighted by atomic mass is 16.5. The molecule has 0 spiro atoms. The van der Waals surface area contributed by atoms with Gasteiger partial charge >= 0.3 is 5.97 Å². The lowest BCUT2D eigenvalue weighted by Gasteiger charge is -2.23. The first-order valence-electron chi connectivity index (χ1n) is 23.7. The van der Waals surface area contributed by atoms with E-state index in [4.69, 9.17) is 4.74 Å². The van der Waals surface area contributed by atoms with Crippen LogP contribution >= 0.6 is 0 Å². The van der Waals surface area contributed by atoms with E-state index in [1.807, 2.05) is 12.2 Å². The summed E-state index contributed by atoms with van der Waals surface area (Å²) in [5, 5.41) is 23.6. The molecule has 0 aromatic rings. The lowest BCUT2D eigenvalue weighted by atomic mass is 10.0. The van der Waals surface area contributed by atoms with Gasteiger partial charge in [0.25, 0.3) is 0 Å². The number of hydrogen-bond acceptors (Lipinski definition) is 5. The van der Waals surface area contributed by atoms with Crippen LogP contribution in [0.1, 0.15) is 239 Å². The van der Waals surface area contributed by atoms with Crippen molar-refractivity contribution >= 4 is 11.9 Å². The molecule has 0 radical (unpaired) electrons. The summed E-state index contributed by atoms with van der Waals surface area (Å²) in [6.45, 7) is 6.42. The molecule has 0 bridgehead atoms. The van der Waals surface area contributed by atoms with Crippen LogP contribution in [0.3, 0.4) is 0 Å². The zero-order valence-electron chi connectivity index (χ0n) is 36.6. The number of esters is 1. The van der Waals surface area contributed by atoms with Crippen LogP contribution in [-0.4, -0.2) is 46.9 Å². The predicted octanol–water partition coefficient (Wildman–Crippen LogP) is 13.7. The summed E-state index contributed by atoms with van der Waals surface area (Å²) in [5.41, 5.74) is 0. The standard InChI is InChI=1S/C49H91NO5/c1-4-7-10-13-16-19-22-23-24-27-30-33-36-39-42-49(54)55-45(40-37-34-31-28-25-20-17-14-11-8-5-2)43-48(53)50-46(44-51)47(52)41-38-35-32-29-26-21-18-15-12-9-6-3/h24,27-28,31,37,40,45-47,51-52H,4-23,25-26,29-30,32-36,38-39,41-44H2,1-3H3,(H,50,53)/b27-24-,31-28-,40-37+. The molecule has 0 aromatic heterocycles. The molecular formula is C49H91NO5. The molecule has 0 saturated carbocycles. The summed E-state index contributed by atoms with van der Waals surface area (Å²) in [7, 11) is 0. The Bertz CT molecular complexity index is 915. The number of amides is 1. The second kappa shape index (κ2) is 43.2. The highest BCUT2D eigenvalue weighted by Gasteiger charge is 2.23. The zero-order chi connectivity index (χ0) is 40.3. The van der Waals surface area contributed by atoms with E-state index in [0.717, 1.165) is 64.2 Å². The Morgan fingerprint density at radius 3 is 1.44 bits per heavy atom. The fourth-order valence-electron chi connectivity index (χ4n) is 7.04. The number of carbonyl (C=O) groups is 2. The van der Waals surface area contributed by atoms with Crippen LogP contribution in [0.5, 0.6) is 0 Å². The first-order chi connectivity index (χ1) is 27.0. The van der Waals surface area contributed by atoms with E-state index in [1.54, 1.807) is 0 Å². The zero-order valence-corrected chi connectivity index (χ0v) is 36.6. The van der Waals surface area contributed by atoms with Crippen molar-refractivity contribution in [3.63, 3.8) is 0 Å². The van der Waals surface area contributed by atoms with Crippen LogP contribution in [0.4, 0.5) is 0 Å². The van der Waals surface area contributed by atoms with Crippen molar-refractivity contribution in [1.29, 1.82) is 0 Å². The maximum absolute atomic E-state index is 13.1. The Morgan fingerprint density at radius 2 is 0.964 bits per heavy atom. The molecule has 0 saturated heterocycles. The first-order valence-corrected chi connectivity index (χ1v) is 23.7. The summed E-state index contributed by atoms with van der Waals surface area (Å²) < 4.78 is 5.80. The van der Waals surface area contributed by atoms with Crippen molar-refractivity contribution in [3.05, 3.63) is 36.5 Å². The van der Waals surface area contributed by atoms with Gasteiger partial charge in [-0.05, 0) is 63.9 Å². The van der Waals surface area contributed by atoms with Gasteiger partial charge in [-0.15, -0.1) is 0 Å². The number of hydrogen-bond donors (Lipinski definition) is 3. The molecule has 322 valence electrons. The lowest BCUT2D eigenvalue weighted by Crippen LogP contribution is -2.46. The Hall–Kier alpha value is -1.92. The Balaban J connectivity index is 4.67. The number of ether oxygens (including phenoxy) is 1. The van der Waals surface area contributed by atoms with Gasteiger partial charge in [-0.2, -0.15) is 0 Å². The topological polar surface area (TPSA) is 95.9 Å². The maximum atomic E-state index is 13.1. The average Bonchev–Trinajstić information content (AvgIpc) is 3.18. The molecule has 1 amide bonds. The molecule has 0 aliphatic heterocycles. The Labute approximate surface area is 341 Å². The second-order valence-electron chi connectivity index (χ2n) is 16.2. The van der Waals surface area contributed by atoms with E-state index < -0.39 is 18.2 Å². The number of aliphatic hydroxyl groups is 2. The number of rotatable bonds is 42. The van der Waals surface area contributed by atoms with Gasteiger partial charge in [0.05, 0.1) is 25.2 Å². The van der Waals surface area contributed by atoms with Crippen LogP contribution in [-0.2, 0) is 14.3 Å². The quantitative estimate of drug-likeness (QED) is 0.0326. The normalized spacial score (nSPS) is 13.6. The number of nitrogens with one attached hydrogen (secondary N) is 1. The molecule has 6 heteroatoms. The minimum Gasteiger partial charge on any atom is -0.458 e. The van der Waals surface area contributed by atoms with Crippen molar-refractivity contribution in [1.82, 2.24) is 5.32 Å². The van der Waals surface area contributed by atoms with Crippen LogP contribution in [0.15, 0.2) is 36.5 Å². The van der Waals surface area contributed by atoms with Crippen molar-refractivity contribution in [2.24, 2.45) is 0 Å². The lowest BCUT2D eigenvalue weighted by molar-refractivity contribution is -0.148. The van der Waals surface area contributed by atoms with Gasteiger partial charge in [-0.25, -0.2) is 0 Å². The molecule has 3 N–H and O–H groups in total. The van der Waals surface area contributed by atoms with Gasteiger partial charge < -0.3 is 20.3 Å². The van der Waals surface area contributed by atoms with Gasteiger partial charge in [0, 0.05) is 6.42 Å². The summed E-state index contributed by atoms with van der Waals surface area (Å²) >= 11 is 0. The van der Waals surface area contributed by atoms with Crippen LogP contribution in [0.2, 0.25) is 0 Å². The molecule has 3 atom stereocenters. The fraction of sp³-hybridized carbons (Fsp3) is 0.837. The van der Waals surface area contributed by atoms with Gasteiger partial charge in [0.1, 0.15) is 6.10 Å². The average molecular weight is 774 g/mol. The van der Waals surface area contributed by atoms with Crippen molar-refractivity contribution in [3.8, 4) is 0 Å². The van der Waals surface area contributed by atoms with Gasteiger partial charge in [0.15, 0.2) is 0 Å². The molecule has 0 aliphatic carbocycles. The van der Waals surface area contributed by atoms with E-state index in [0.29, 0.717) is 12.8 Å². The predicted molar refractivity (Wildman–Crippen MR) is 236 cm³/mol. The smallest absolute Gasteiger partial charge is 0.306 e. The molecule has 55 heavy (non-hydrogen) atoms. The fourth-order valence-corrected chi connectivity index (χ4v) is 7.04. The highest BCUT2D eigenvalue weighted by Crippen LogP contribution is 2.15. The molecule has 0 fully saturated rings. The minimum atomic E-state index is -0.809. The number of aliphatic hydroxyl groups excluding tert-OH is 2. The minimum absolute atomic E-state index is 0.0328. The SMILES string of the molecule is CCCCCCCC/C=C\C/C=C/C(CC(=O)NC(CO)C(O)CCCCCCCCCCCCC)OC(=O)CCCCC/C=C\CCCCCCCCC.